The standard InChI is InChI=1S/C10H12ClF2N3/c11-8-5-7(14)6-15-9(8)16-3-1-10(12,13)2-4-16/h5-6H,1-4,14H2. The molecular formula is C10H12ClF2N3. The topological polar surface area (TPSA) is 42.1 Å². The van der Waals surface area contributed by atoms with Gasteiger partial charge in [-0.15, -0.1) is 0 Å². The van der Waals surface area contributed by atoms with Crippen LogP contribution in [0.1, 0.15) is 12.8 Å². The number of piperidine rings is 1. The summed E-state index contributed by atoms with van der Waals surface area (Å²) in [5.74, 6) is -2.03. The van der Waals surface area contributed by atoms with E-state index < -0.39 is 5.92 Å². The van der Waals surface area contributed by atoms with E-state index in [4.69, 9.17) is 17.3 Å². The summed E-state index contributed by atoms with van der Waals surface area (Å²) < 4.78 is 25.9. The zero-order valence-electron chi connectivity index (χ0n) is 8.59. The number of nitrogens with two attached hydrogens (primary N) is 1. The van der Waals surface area contributed by atoms with E-state index in [1.54, 1.807) is 11.0 Å². The van der Waals surface area contributed by atoms with E-state index in [0.29, 0.717) is 16.5 Å². The zero-order chi connectivity index (χ0) is 11.8. The molecule has 0 aromatic carbocycles. The Hall–Kier alpha value is -1.10. The van der Waals surface area contributed by atoms with Gasteiger partial charge in [0.15, 0.2) is 0 Å². The van der Waals surface area contributed by atoms with E-state index in [-0.39, 0.29) is 25.9 Å². The number of halogens is 3. The molecule has 0 spiro atoms. The summed E-state index contributed by atoms with van der Waals surface area (Å²) in [6, 6.07) is 1.58. The molecule has 2 heterocycles. The van der Waals surface area contributed by atoms with Gasteiger partial charge in [-0.05, 0) is 6.07 Å². The summed E-state index contributed by atoms with van der Waals surface area (Å²) >= 11 is 5.96. The smallest absolute Gasteiger partial charge is 0.251 e. The number of aromatic nitrogens is 1. The Morgan fingerprint density at radius 1 is 1.38 bits per heavy atom. The number of hydrogen-bond acceptors (Lipinski definition) is 3. The molecule has 0 saturated carbocycles. The third-order valence-electron chi connectivity index (χ3n) is 2.64. The van der Waals surface area contributed by atoms with Crippen molar-refractivity contribution in [1.29, 1.82) is 0 Å². The SMILES string of the molecule is Nc1cnc(N2CCC(F)(F)CC2)c(Cl)c1. The number of anilines is 2. The molecule has 0 amide bonds. The molecule has 16 heavy (non-hydrogen) atoms. The number of hydrogen-bond donors (Lipinski definition) is 1. The van der Waals surface area contributed by atoms with Gasteiger partial charge in [-0.25, -0.2) is 13.8 Å². The van der Waals surface area contributed by atoms with Gasteiger partial charge in [0.2, 0.25) is 0 Å². The molecule has 1 aliphatic rings. The van der Waals surface area contributed by atoms with Crippen LogP contribution in [-0.2, 0) is 0 Å². The Kier molecular flexibility index (Phi) is 2.88. The maximum absolute atomic E-state index is 13.0. The lowest BCUT2D eigenvalue weighted by atomic mass is 10.1. The van der Waals surface area contributed by atoms with Gasteiger partial charge in [0, 0.05) is 25.9 Å². The first-order valence-corrected chi connectivity index (χ1v) is 5.39. The molecule has 1 aliphatic heterocycles. The van der Waals surface area contributed by atoms with Crippen LogP contribution in [0.5, 0.6) is 0 Å². The van der Waals surface area contributed by atoms with E-state index >= 15 is 0 Å². The van der Waals surface area contributed by atoms with Crippen molar-refractivity contribution in [1.82, 2.24) is 4.98 Å². The highest BCUT2D eigenvalue weighted by Gasteiger charge is 2.34. The highest BCUT2D eigenvalue weighted by atomic mass is 35.5. The van der Waals surface area contributed by atoms with Crippen molar-refractivity contribution in [2.24, 2.45) is 0 Å². The van der Waals surface area contributed by atoms with E-state index in [1.165, 1.54) is 6.20 Å². The van der Waals surface area contributed by atoms with Crippen LogP contribution >= 0.6 is 11.6 Å². The summed E-state index contributed by atoms with van der Waals surface area (Å²) in [6.07, 6.45) is 1.17. The van der Waals surface area contributed by atoms with Crippen LogP contribution in [0.4, 0.5) is 20.3 Å². The molecule has 1 aromatic rings. The molecule has 88 valence electrons. The van der Waals surface area contributed by atoms with E-state index in [0.717, 1.165) is 0 Å². The fourth-order valence-electron chi connectivity index (χ4n) is 1.72. The van der Waals surface area contributed by atoms with Crippen LogP contribution in [0.3, 0.4) is 0 Å². The largest absolute Gasteiger partial charge is 0.397 e. The zero-order valence-corrected chi connectivity index (χ0v) is 9.34. The van der Waals surface area contributed by atoms with Crippen molar-refractivity contribution in [3.8, 4) is 0 Å². The van der Waals surface area contributed by atoms with Gasteiger partial charge in [0.05, 0.1) is 16.9 Å². The highest BCUT2D eigenvalue weighted by molar-refractivity contribution is 6.33. The average Bonchev–Trinajstić information content (AvgIpc) is 2.19. The lowest BCUT2D eigenvalue weighted by Crippen LogP contribution is -2.39. The van der Waals surface area contributed by atoms with E-state index in [1.807, 2.05) is 0 Å². The average molecular weight is 248 g/mol. The number of nitrogens with zero attached hydrogens (tertiary/aromatic N) is 2. The maximum Gasteiger partial charge on any atom is 0.251 e. The first-order chi connectivity index (χ1) is 7.48. The minimum Gasteiger partial charge on any atom is -0.397 e. The van der Waals surface area contributed by atoms with Crippen molar-refractivity contribution >= 4 is 23.1 Å². The fourth-order valence-corrected chi connectivity index (χ4v) is 2.02. The third-order valence-corrected chi connectivity index (χ3v) is 2.92. The van der Waals surface area contributed by atoms with Crippen molar-refractivity contribution in [3.63, 3.8) is 0 Å². The predicted octanol–water partition coefficient (Wildman–Crippen LogP) is 2.55. The normalized spacial score (nSPS) is 19.8. The number of pyridine rings is 1. The molecule has 3 nitrogen and oxygen atoms in total. The van der Waals surface area contributed by atoms with Crippen LogP contribution in [0, 0.1) is 0 Å². The Morgan fingerprint density at radius 2 is 2.00 bits per heavy atom. The summed E-state index contributed by atoms with van der Waals surface area (Å²) in [6.45, 7) is 0.535. The lowest BCUT2D eigenvalue weighted by Gasteiger charge is -2.32. The molecule has 2 rings (SSSR count). The Labute approximate surface area is 97.2 Å². The predicted molar refractivity (Wildman–Crippen MR) is 60.1 cm³/mol. The second-order valence-corrected chi connectivity index (χ2v) is 4.32. The highest BCUT2D eigenvalue weighted by Crippen LogP contribution is 2.32. The molecule has 1 fully saturated rings. The van der Waals surface area contributed by atoms with Crippen LogP contribution in [0.2, 0.25) is 5.02 Å². The molecule has 0 unspecified atom stereocenters. The first kappa shape index (κ1) is 11.4. The second-order valence-electron chi connectivity index (χ2n) is 3.92. The van der Waals surface area contributed by atoms with Crippen molar-refractivity contribution in [2.75, 3.05) is 23.7 Å². The molecule has 0 aliphatic carbocycles. The van der Waals surface area contributed by atoms with E-state index in [2.05, 4.69) is 4.98 Å². The second kappa shape index (κ2) is 4.05. The molecule has 0 radical (unpaired) electrons. The molecule has 0 atom stereocenters. The number of alkyl halides is 2. The summed E-state index contributed by atoms with van der Waals surface area (Å²) in [7, 11) is 0. The minimum absolute atomic E-state index is 0.157. The third kappa shape index (κ3) is 2.35. The van der Waals surface area contributed by atoms with E-state index in [9.17, 15) is 8.78 Å². The van der Waals surface area contributed by atoms with Crippen LogP contribution in [-0.4, -0.2) is 24.0 Å². The first-order valence-electron chi connectivity index (χ1n) is 5.02. The lowest BCUT2D eigenvalue weighted by molar-refractivity contribution is -0.0221. The molecule has 0 bridgehead atoms. The summed E-state index contributed by atoms with van der Waals surface area (Å²) in [5, 5.41) is 0.408. The number of nitrogen functional groups attached to an aromatic ring is 1. The minimum atomic E-state index is -2.56. The van der Waals surface area contributed by atoms with Gasteiger partial charge >= 0.3 is 0 Å². The van der Waals surface area contributed by atoms with Crippen LogP contribution in [0.15, 0.2) is 12.3 Å². The van der Waals surface area contributed by atoms with Crippen LogP contribution < -0.4 is 10.6 Å². The molecule has 1 aromatic heterocycles. The summed E-state index contributed by atoms with van der Waals surface area (Å²) in [4.78, 5) is 5.84. The quantitative estimate of drug-likeness (QED) is 0.829. The van der Waals surface area contributed by atoms with Crippen molar-refractivity contribution < 1.29 is 8.78 Å². The molecule has 6 heteroatoms. The van der Waals surface area contributed by atoms with Gasteiger partial charge in [0.1, 0.15) is 5.82 Å². The monoisotopic (exact) mass is 247 g/mol. The molecular weight excluding hydrogens is 236 g/mol. The molecule has 2 N–H and O–H groups in total. The van der Waals surface area contributed by atoms with Gasteiger partial charge < -0.3 is 10.6 Å². The maximum atomic E-state index is 13.0. The van der Waals surface area contributed by atoms with Gasteiger partial charge in [-0.2, -0.15) is 0 Å². The van der Waals surface area contributed by atoms with Crippen molar-refractivity contribution in [2.45, 2.75) is 18.8 Å². The summed E-state index contributed by atoms with van der Waals surface area (Å²) in [5.41, 5.74) is 5.98. The Balaban J connectivity index is 2.14. The Morgan fingerprint density at radius 3 is 2.56 bits per heavy atom. The van der Waals surface area contributed by atoms with Crippen molar-refractivity contribution in [3.05, 3.63) is 17.3 Å². The van der Waals surface area contributed by atoms with Gasteiger partial charge in [-0.3, -0.25) is 0 Å². The Bertz CT molecular complexity index is 388. The number of rotatable bonds is 1. The van der Waals surface area contributed by atoms with Gasteiger partial charge in [0.25, 0.3) is 5.92 Å². The fraction of sp³-hybridized carbons (Fsp3) is 0.500. The van der Waals surface area contributed by atoms with Gasteiger partial charge in [-0.1, -0.05) is 11.6 Å². The van der Waals surface area contributed by atoms with Crippen LogP contribution in [0.25, 0.3) is 0 Å². The molecule has 1 saturated heterocycles.